The fourth-order valence-electron chi connectivity index (χ4n) is 2.59. The van der Waals surface area contributed by atoms with Gasteiger partial charge in [-0.25, -0.2) is 0 Å². The highest BCUT2D eigenvalue weighted by molar-refractivity contribution is 5.26. The van der Waals surface area contributed by atoms with Crippen molar-refractivity contribution in [3.05, 3.63) is 35.4 Å². The van der Waals surface area contributed by atoms with E-state index in [0.29, 0.717) is 5.92 Å². The van der Waals surface area contributed by atoms with Crippen molar-refractivity contribution >= 4 is 0 Å². The van der Waals surface area contributed by atoms with Crippen LogP contribution in [-0.2, 0) is 17.8 Å². The first kappa shape index (κ1) is 15.5. The lowest BCUT2D eigenvalue weighted by atomic mass is 10.0. The van der Waals surface area contributed by atoms with Crippen LogP contribution in [0.5, 0.6) is 0 Å². The molecule has 0 heterocycles. The van der Waals surface area contributed by atoms with Gasteiger partial charge in [0.15, 0.2) is 0 Å². The summed E-state index contributed by atoms with van der Waals surface area (Å²) in [4.78, 5) is 0. The molecule has 0 amide bonds. The average molecular weight is 275 g/mol. The van der Waals surface area contributed by atoms with Crippen LogP contribution in [0.3, 0.4) is 0 Å². The van der Waals surface area contributed by atoms with Gasteiger partial charge < -0.3 is 10.1 Å². The third kappa shape index (κ3) is 5.64. The van der Waals surface area contributed by atoms with Crippen molar-refractivity contribution in [1.82, 2.24) is 5.32 Å². The van der Waals surface area contributed by atoms with Gasteiger partial charge in [0.05, 0.1) is 6.61 Å². The summed E-state index contributed by atoms with van der Waals surface area (Å²) in [6, 6.07) is 9.50. The molecule has 2 rings (SSSR count). The molecule has 1 saturated carbocycles. The molecular weight excluding hydrogens is 246 g/mol. The summed E-state index contributed by atoms with van der Waals surface area (Å²) in [5.41, 5.74) is 2.79. The molecule has 1 N–H and O–H groups in total. The van der Waals surface area contributed by atoms with E-state index in [-0.39, 0.29) is 0 Å². The van der Waals surface area contributed by atoms with Crippen molar-refractivity contribution in [3.8, 4) is 0 Å². The van der Waals surface area contributed by atoms with Crippen LogP contribution in [0.1, 0.15) is 50.7 Å². The lowest BCUT2D eigenvalue weighted by molar-refractivity contribution is 0.0889. The number of ether oxygens (including phenoxy) is 1. The van der Waals surface area contributed by atoms with E-state index in [1.54, 1.807) is 0 Å². The molecule has 0 radical (unpaired) electrons. The Morgan fingerprint density at radius 1 is 1.25 bits per heavy atom. The van der Waals surface area contributed by atoms with Gasteiger partial charge in [-0.2, -0.15) is 0 Å². The van der Waals surface area contributed by atoms with E-state index in [9.17, 15) is 0 Å². The number of rotatable bonds is 10. The average Bonchev–Trinajstić information content (AvgIpc) is 3.25. The van der Waals surface area contributed by atoms with Gasteiger partial charge in [-0.1, -0.05) is 44.5 Å². The largest absolute Gasteiger partial charge is 0.376 e. The first-order chi connectivity index (χ1) is 9.79. The molecular formula is C18H29NO. The minimum atomic E-state index is 0.670. The van der Waals surface area contributed by atoms with Gasteiger partial charge in [0, 0.05) is 12.6 Å². The highest BCUT2D eigenvalue weighted by Crippen LogP contribution is 2.19. The SMILES string of the molecule is CCCC(C)COCc1ccccc1CCNC1CC1. The van der Waals surface area contributed by atoms with E-state index >= 15 is 0 Å². The van der Waals surface area contributed by atoms with Crippen molar-refractivity contribution in [2.75, 3.05) is 13.2 Å². The molecule has 1 aromatic carbocycles. The van der Waals surface area contributed by atoms with E-state index < -0.39 is 0 Å². The Kier molecular flexibility index (Phi) is 6.55. The number of hydrogen-bond donors (Lipinski definition) is 1. The van der Waals surface area contributed by atoms with Gasteiger partial charge >= 0.3 is 0 Å². The van der Waals surface area contributed by atoms with Gasteiger partial charge in [-0.3, -0.25) is 0 Å². The molecule has 2 heteroatoms. The molecule has 1 aromatic rings. The van der Waals surface area contributed by atoms with Crippen LogP contribution >= 0.6 is 0 Å². The van der Waals surface area contributed by atoms with Gasteiger partial charge in [0.25, 0.3) is 0 Å². The van der Waals surface area contributed by atoms with E-state index in [1.165, 1.54) is 36.8 Å². The molecule has 20 heavy (non-hydrogen) atoms. The van der Waals surface area contributed by atoms with Crippen LogP contribution in [0.25, 0.3) is 0 Å². The second-order valence-electron chi connectivity index (χ2n) is 6.16. The summed E-state index contributed by atoms with van der Waals surface area (Å²) >= 11 is 0. The maximum atomic E-state index is 5.89. The zero-order valence-corrected chi connectivity index (χ0v) is 13.0. The van der Waals surface area contributed by atoms with Crippen molar-refractivity contribution in [1.29, 1.82) is 0 Å². The van der Waals surface area contributed by atoms with Crippen molar-refractivity contribution in [3.63, 3.8) is 0 Å². The molecule has 2 nitrogen and oxygen atoms in total. The van der Waals surface area contributed by atoms with E-state index in [1.807, 2.05) is 0 Å². The lowest BCUT2D eigenvalue weighted by Crippen LogP contribution is -2.19. The molecule has 1 unspecified atom stereocenters. The molecule has 0 spiro atoms. The zero-order chi connectivity index (χ0) is 14.2. The maximum absolute atomic E-state index is 5.89. The van der Waals surface area contributed by atoms with Crippen LogP contribution in [-0.4, -0.2) is 19.2 Å². The second kappa shape index (κ2) is 8.43. The number of benzene rings is 1. The van der Waals surface area contributed by atoms with Crippen LogP contribution < -0.4 is 5.32 Å². The minimum absolute atomic E-state index is 0.670. The van der Waals surface area contributed by atoms with Gasteiger partial charge in [-0.05, 0) is 49.3 Å². The predicted octanol–water partition coefficient (Wildman–Crippen LogP) is 3.93. The monoisotopic (exact) mass is 275 g/mol. The summed E-state index contributed by atoms with van der Waals surface area (Å²) in [5, 5.41) is 3.58. The number of hydrogen-bond acceptors (Lipinski definition) is 2. The lowest BCUT2D eigenvalue weighted by Gasteiger charge is -2.13. The van der Waals surface area contributed by atoms with Crippen LogP contribution in [0.15, 0.2) is 24.3 Å². The molecule has 1 atom stereocenters. The van der Waals surface area contributed by atoms with Crippen LogP contribution in [0.4, 0.5) is 0 Å². The Hall–Kier alpha value is -0.860. The Bertz CT molecular complexity index is 387. The van der Waals surface area contributed by atoms with Gasteiger partial charge in [0.1, 0.15) is 0 Å². The summed E-state index contributed by atoms with van der Waals surface area (Å²) in [6.45, 7) is 7.23. The summed E-state index contributed by atoms with van der Waals surface area (Å²) in [7, 11) is 0. The van der Waals surface area contributed by atoms with Crippen LogP contribution in [0.2, 0.25) is 0 Å². The Balaban J connectivity index is 1.74. The predicted molar refractivity (Wildman–Crippen MR) is 84.9 cm³/mol. The van der Waals surface area contributed by atoms with E-state index in [2.05, 4.69) is 43.4 Å². The molecule has 1 aliphatic carbocycles. The zero-order valence-electron chi connectivity index (χ0n) is 13.0. The Labute approximate surface area is 123 Å². The normalized spacial score (nSPS) is 16.3. The number of nitrogens with one attached hydrogen (secondary N) is 1. The van der Waals surface area contributed by atoms with Gasteiger partial charge in [0.2, 0.25) is 0 Å². The molecule has 0 bridgehead atoms. The summed E-state index contributed by atoms with van der Waals surface area (Å²) < 4.78 is 5.89. The smallest absolute Gasteiger partial charge is 0.0719 e. The molecule has 0 aromatic heterocycles. The summed E-state index contributed by atoms with van der Waals surface area (Å²) in [5.74, 6) is 0.670. The standard InChI is InChI=1S/C18H29NO/c1-3-6-15(2)13-20-14-17-8-5-4-7-16(17)11-12-19-18-9-10-18/h4-5,7-8,15,18-19H,3,6,9-14H2,1-2H3. The van der Waals surface area contributed by atoms with Crippen molar-refractivity contribution < 1.29 is 4.74 Å². The maximum Gasteiger partial charge on any atom is 0.0719 e. The molecule has 112 valence electrons. The van der Waals surface area contributed by atoms with Crippen molar-refractivity contribution in [2.24, 2.45) is 5.92 Å². The molecule has 1 aliphatic rings. The molecule has 0 aliphatic heterocycles. The highest BCUT2D eigenvalue weighted by Gasteiger charge is 2.19. The third-order valence-corrected chi connectivity index (χ3v) is 3.96. The fourth-order valence-corrected chi connectivity index (χ4v) is 2.59. The first-order valence-corrected chi connectivity index (χ1v) is 8.17. The quantitative estimate of drug-likeness (QED) is 0.698. The fraction of sp³-hybridized carbons (Fsp3) is 0.667. The second-order valence-corrected chi connectivity index (χ2v) is 6.16. The third-order valence-electron chi connectivity index (χ3n) is 3.96. The topological polar surface area (TPSA) is 21.3 Å². The Morgan fingerprint density at radius 2 is 2.00 bits per heavy atom. The summed E-state index contributed by atoms with van der Waals surface area (Å²) in [6.07, 6.45) is 6.33. The van der Waals surface area contributed by atoms with Crippen molar-refractivity contribution in [2.45, 2.75) is 58.6 Å². The molecule has 1 fully saturated rings. The molecule has 0 saturated heterocycles. The van der Waals surface area contributed by atoms with Gasteiger partial charge in [-0.15, -0.1) is 0 Å². The highest BCUT2D eigenvalue weighted by atomic mass is 16.5. The van der Waals surface area contributed by atoms with Crippen LogP contribution in [0, 0.1) is 5.92 Å². The first-order valence-electron chi connectivity index (χ1n) is 8.17. The van der Waals surface area contributed by atoms with E-state index in [0.717, 1.165) is 32.2 Å². The Morgan fingerprint density at radius 3 is 2.70 bits per heavy atom. The minimum Gasteiger partial charge on any atom is -0.376 e. The van der Waals surface area contributed by atoms with E-state index in [4.69, 9.17) is 4.74 Å².